The van der Waals surface area contributed by atoms with E-state index in [-0.39, 0.29) is 23.6 Å². The number of H-pyrrole nitrogens is 1. The van der Waals surface area contributed by atoms with Crippen molar-refractivity contribution in [2.75, 3.05) is 12.4 Å². The van der Waals surface area contributed by atoms with Crippen LogP contribution in [0.3, 0.4) is 0 Å². The van der Waals surface area contributed by atoms with Gasteiger partial charge in [-0.3, -0.25) is 10.1 Å². The van der Waals surface area contributed by atoms with E-state index >= 15 is 0 Å². The summed E-state index contributed by atoms with van der Waals surface area (Å²) in [6.45, 7) is 2.19. The monoisotopic (exact) mass is 280 g/mol. The molecule has 0 aliphatic heterocycles. The average Bonchev–Trinajstić information content (AvgIpc) is 2.85. The standard InChI is InChI=1S/C12H20N6O2/c1-7-4-3-5-8(6-7)14-12(20)15-10-9(11(19)13-2)16-18-17-10/h7-8H,3-6H2,1-2H3,(H,13,19)(H3,14,15,16,17,18,20). The fraction of sp³-hybridized carbons (Fsp3) is 0.667. The fourth-order valence-electron chi connectivity index (χ4n) is 2.49. The van der Waals surface area contributed by atoms with Gasteiger partial charge in [-0.2, -0.15) is 5.21 Å². The Morgan fingerprint density at radius 2 is 2.10 bits per heavy atom. The minimum absolute atomic E-state index is 0.0691. The third kappa shape index (κ3) is 3.46. The van der Waals surface area contributed by atoms with Gasteiger partial charge >= 0.3 is 6.03 Å². The van der Waals surface area contributed by atoms with Crippen LogP contribution in [0.1, 0.15) is 43.1 Å². The summed E-state index contributed by atoms with van der Waals surface area (Å²) in [6, 6.07) is -0.183. The zero-order valence-electron chi connectivity index (χ0n) is 11.7. The molecular formula is C12H20N6O2. The van der Waals surface area contributed by atoms with Crippen LogP contribution >= 0.6 is 0 Å². The van der Waals surface area contributed by atoms with Gasteiger partial charge in [0.05, 0.1) is 0 Å². The zero-order chi connectivity index (χ0) is 14.5. The highest BCUT2D eigenvalue weighted by Crippen LogP contribution is 2.23. The molecular weight excluding hydrogens is 260 g/mol. The molecule has 2 rings (SSSR count). The summed E-state index contributed by atoms with van der Waals surface area (Å²) in [5.74, 6) is 0.355. The molecule has 1 saturated carbocycles. The lowest BCUT2D eigenvalue weighted by Crippen LogP contribution is -2.40. The van der Waals surface area contributed by atoms with E-state index in [9.17, 15) is 9.59 Å². The Bertz CT molecular complexity index is 486. The van der Waals surface area contributed by atoms with Gasteiger partial charge in [0.1, 0.15) is 0 Å². The molecule has 8 heteroatoms. The van der Waals surface area contributed by atoms with E-state index in [1.54, 1.807) is 0 Å². The van der Waals surface area contributed by atoms with Crippen LogP contribution in [0.25, 0.3) is 0 Å². The molecule has 4 N–H and O–H groups in total. The molecule has 1 aromatic rings. The quantitative estimate of drug-likeness (QED) is 0.658. The molecule has 0 aromatic carbocycles. The summed E-state index contributed by atoms with van der Waals surface area (Å²) < 4.78 is 0. The largest absolute Gasteiger partial charge is 0.354 e. The second-order valence-electron chi connectivity index (χ2n) is 5.17. The van der Waals surface area contributed by atoms with E-state index in [4.69, 9.17) is 0 Å². The molecule has 2 unspecified atom stereocenters. The van der Waals surface area contributed by atoms with Crippen molar-refractivity contribution in [3.63, 3.8) is 0 Å². The number of carbonyl (C=O) groups is 2. The summed E-state index contributed by atoms with van der Waals surface area (Å²) in [4.78, 5) is 23.4. The maximum Gasteiger partial charge on any atom is 0.320 e. The Morgan fingerprint density at radius 3 is 2.80 bits per heavy atom. The van der Waals surface area contributed by atoms with E-state index in [1.807, 2.05) is 0 Å². The highest BCUT2D eigenvalue weighted by atomic mass is 16.2. The Balaban J connectivity index is 1.91. The predicted molar refractivity (Wildman–Crippen MR) is 73.3 cm³/mol. The molecule has 0 spiro atoms. The van der Waals surface area contributed by atoms with Gasteiger partial charge in [0.2, 0.25) is 0 Å². The Kier molecular flexibility index (Phi) is 4.54. The van der Waals surface area contributed by atoms with Gasteiger partial charge in [0.25, 0.3) is 5.91 Å². The molecule has 1 aliphatic rings. The SMILES string of the molecule is CNC(=O)c1n[nH]nc1NC(=O)NC1CCCC(C)C1. The van der Waals surface area contributed by atoms with Gasteiger partial charge in [-0.05, 0) is 18.8 Å². The van der Waals surface area contributed by atoms with Crippen LogP contribution in [0.2, 0.25) is 0 Å². The summed E-state index contributed by atoms with van der Waals surface area (Å²) in [7, 11) is 1.49. The van der Waals surface area contributed by atoms with Gasteiger partial charge in [0, 0.05) is 13.1 Å². The number of hydrogen-bond donors (Lipinski definition) is 4. The molecule has 1 heterocycles. The molecule has 1 aliphatic carbocycles. The number of nitrogens with zero attached hydrogens (tertiary/aromatic N) is 2. The Labute approximate surface area is 117 Å². The lowest BCUT2D eigenvalue weighted by molar-refractivity contribution is 0.0959. The Morgan fingerprint density at radius 1 is 1.30 bits per heavy atom. The average molecular weight is 280 g/mol. The number of nitrogens with one attached hydrogen (secondary N) is 4. The molecule has 2 atom stereocenters. The summed E-state index contributed by atoms with van der Waals surface area (Å²) in [5.41, 5.74) is 0.0691. The van der Waals surface area contributed by atoms with Crippen molar-refractivity contribution in [3.05, 3.63) is 5.69 Å². The summed E-state index contributed by atoms with van der Waals surface area (Å²) >= 11 is 0. The van der Waals surface area contributed by atoms with Crippen LogP contribution in [0.15, 0.2) is 0 Å². The molecule has 1 fully saturated rings. The molecule has 3 amide bonds. The minimum Gasteiger partial charge on any atom is -0.354 e. The van der Waals surface area contributed by atoms with Crippen molar-refractivity contribution in [1.29, 1.82) is 0 Å². The van der Waals surface area contributed by atoms with E-state index in [0.29, 0.717) is 5.92 Å². The fourth-order valence-corrected chi connectivity index (χ4v) is 2.49. The van der Waals surface area contributed by atoms with E-state index in [0.717, 1.165) is 19.3 Å². The normalized spacial score (nSPS) is 22.1. The number of carbonyl (C=O) groups excluding carboxylic acids is 2. The van der Waals surface area contributed by atoms with Gasteiger partial charge in [-0.15, -0.1) is 10.2 Å². The number of hydrogen-bond acceptors (Lipinski definition) is 4. The van der Waals surface area contributed by atoms with Crippen LogP contribution in [0.4, 0.5) is 10.6 Å². The molecule has 1 aromatic heterocycles. The Hall–Kier alpha value is -2.12. The van der Waals surface area contributed by atoms with Crippen molar-refractivity contribution in [2.24, 2.45) is 5.92 Å². The first-order valence-corrected chi connectivity index (χ1v) is 6.80. The van der Waals surface area contributed by atoms with Crippen molar-refractivity contribution in [2.45, 2.75) is 38.6 Å². The predicted octanol–water partition coefficient (Wildman–Crippen LogP) is 0.864. The second kappa shape index (κ2) is 6.36. The lowest BCUT2D eigenvalue weighted by atomic mass is 9.87. The number of anilines is 1. The second-order valence-corrected chi connectivity index (χ2v) is 5.17. The first kappa shape index (κ1) is 14.3. The molecule has 0 radical (unpaired) electrons. The van der Waals surface area contributed by atoms with Crippen LogP contribution in [0.5, 0.6) is 0 Å². The van der Waals surface area contributed by atoms with Gasteiger partial charge in [0.15, 0.2) is 11.5 Å². The lowest BCUT2D eigenvalue weighted by Gasteiger charge is -2.27. The first-order valence-electron chi connectivity index (χ1n) is 6.80. The minimum atomic E-state index is -0.402. The van der Waals surface area contributed by atoms with Crippen LogP contribution in [-0.4, -0.2) is 40.4 Å². The topological polar surface area (TPSA) is 112 Å². The third-order valence-corrected chi connectivity index (χ3v) is 3.49. The molecule has 0 bridgehead atoms. The van der Waals surface area contributed by atoms with Crippen LogP contribution < -0.4 is 16.0 Å². The number of amides is 3. The molecule has 20 heavy (non-hydrogen) atoms. The number of aromatic nitrogens is 3. The molecule has 8 nitrogen and oxygen atoms in total. The summed E-state index contributed by atoms with van der Waals surface area (Å²) in [5, 5.41) is 17.7. The zero-order valence-corrected chi connectivity index (χ0v) is 11.7. The van der Waals surface area contributed by atoms with Crippen molar-refractivity contribution in [3.8, 4) is 0 Å². The van der Waals surface area contributed by atoms with Crippen molar-refractivity contribution in [1.82, 2.24) is 26.0 Å². The van der Waals surface area contributed by atoms with E-state index < -0.39 is 5.91 Å². The van der Waals surface area contributed by atoms with Crippen molar-refractivity contribution < 1.29 is 9.59 Å². The van der Waals surface area contributed by atoms with Crippen molar-refractivity contribution >= 4 is 17.8 Å². The highest BCUT2D eigenvalue weighted by molar-refractivity contribution is 6.00. The number of rotatable bonds is 3. The number of urea groups is 1. The van der Waals surface area contributed by atoms with Gasteiger partial charge in [-0.1, -0.05) is 19.8 Å². The third-order valence-electron chi connectivity index (χ3n) is 3.49. The van der Waals surface area contributed by atoms with Gasteiger partial charge < -0.3 is 10.6 Å². The van der Waals surface area contributed by atoms with E-state index in [1.165, 1.54) is 13.5 Å². The molecule has 0 saturated heterocycles. The van der Waals surface area contributed by atoms with Crippen LogP contribution in [0, 0.1) is 5.92 Å². The van der Waals surface area contributed by atoms with Gasteiger partial charge in [-0.25, -0.2) is 4.79 Å². The maximum atomic E-state index is 11.9. The smallest absolute Gasteiger partial charge is 0.320 e. The first-order chi connectivity index (χ1) is 9.60. The summed E-state index contributed by atoms with van der Waals surface area (Å²) in [6.07, 6.45) is 4.30. The van der Waals surface area contributed by atoms with E-state index in [2.05, 4.69) is 38.3 Å². The maximum absolute atomic E-state index is 11.9. The highest BCUT2D eigenvalue weighted by Gasteiger charge is 2.22. The molecule has 110 valence electrons. The number of aromatic amines is 1. The van der Waals surface area contributed by atoms with Crippen LogP contribution in [-0.2, 0) is 0 Å².